The minimum Gasteiger partial charge on any atom is -0.350 e. The number of amides is 1. The van der Waals surface area contributed by atoms with Gasteiger partial charge in [-0.25, -0.2) is 0 Å². The smallest absolute Gasteiger partial charge is 0.251 e. The van der Waals surface area contributed by atoms with Crippen molar-refractivity contribution in [3.05, 3.63) is 71.3 Å². The zero-order valence-electron chi connectivity index (χ0n) is 15.8. The van der Waals surface area contributed by atoms with Crippen molar-refractivity contribution in [2.75, 3.05) is 25.9 Å². The van der Waals surface area contributed by atoms with Gasteiger partial charge in [-0.15, -0.1) is 0 Å². The van der Waals surface area contributed by atoms with E-state index in [4.69, 9.17) is 0 Å². The SMILES string of the molecule is CCN(CC)C(CNC(=O)c1cccc(CS(C)=O)c1)c1ccccc1. The molecule has 1 N–H and O–H groups in total. The predicted molar refractivity (Wildman–Crippen MR) is 109 cm³/mol. The summed E-state index contributed by atoms with van der Waals surface area (Å²) < 4.78 is 11.4. The Morgan fingerprint density at radius 2 is 1.77 bits per heavy atom. The normalized spacial score (nSPS) is 13.4. The Morgan fingerprint density at radius 1 is 1.08 bits per heavy atom. The van der Waals surface area contributed by atoms with Crippen molar-refractivity contribution in [2.24, 2.45) is 0 Å². The summed E-state index contributed by atoms with van der Waals surface area (Å²) in [4.78, 5) is 15.0. The predicted octanol–water partition coefficient (Wildman–Crippen LogP) is 3.38. The highest BCUT2D eigenvalue weighted by atomic mass is 32.2. The van der Waals surface area contributed by atoms with E-state index in [0.29, 0.717) is 17.9 Å². The fourth-order valence-corrected chi connectivity index (χ4v) is 3.77. The molecule has 2 rings (SSSR count). The molecule has 0 aromatic heterocycles. The van der Waals surface area contributed by atoms with Gasteiger partial charge in [0.1, 0.15) is 0 Å². The van der Waals surface area contributed by atoms with Crippen molar-refractivity contribution in [1.29, 1.82) is 0 Å². The van der Waals surface area contributed by atoms with Crippen molar-refractivity contribution in [2.45, 2.75) is 25.6 Å². The molecule has 2 unspecified atom stereocenters. The molecule has 0 fully saturated rings. The van der Waals surface area contributed by atoms with Crippen molar-refractivity contribution >= 4 is 16.7 Å². The third-order valence-corrected chi connectivity index (χ3v) is 5.19. The summed E-state index contributed by atoms with van der Waals surface area (Å²) in [6.07, 6.45) is 1.67. The molecule has 0 heterocycles. The topological polar surface area (TPSA) is 49.4 Å². The Kier molecular flexibility index (Phi) is 8.01. The van der Waals surface area contributed by atoms with Crippen LogP contribution in [0.15, 0.2) is 54.6 Å². The average molecular weight is 373 g/mol. The summed E-state index contributed by atoms with van der Waals surface area (Å²) in [6, 6.07) is 17.8. The highest BCUT2D eigenvalue weighted by Crippen LogP contribution is 2.19. The number of benzene rings is 2. The van der Waals surface area contributed by atoms with Gasteiger partial charge in [0.05, 0.1) is 6.04 Å². The second-order valence-corrected chi connectivity index (χ2v) is 7.71. The van der Waals surface area contributed by atoms with E-state index in [-0.39, 0.29) is 11.9 Å². The third kappa shape index (κ3) is 5.78. The van der Waals surface area contributed by atoms with E-state index in [2.05, 4.69) is 36.2 Å². The molecule has 5 heteroatoms. The number of hydrogen-bond acceptors (Lipinski definition) is 3. The molecule has 26 heavy (non-hydrogen) atoms. The lowest BCUT2D eigenvalue weighted by atomic mass is 10.0. The van der Waals surface area contributed by atoms with Gasteiger partial charge in [-0.2, -0.15) is 0 Å². The van der Waals surface area contributed by atoms with Crippen molar-refractivity contribution < 1.29 is 9.00 Å². The fraction of sp³-hybridized carbons (Fsp3) is 0.381. The number of nitrogens with zero attached hydrogens (tertiary/aromatic N) is 1. The molecule has 0 spiro atoms. The Hall–Kier alpha value is -1.98. The summed E-state index contributed by atoms with van der Waals surface area (Å²) in [7, 11) is -0.921. The molecule has 0 bridgehead atoms. The molecule has 0 aliphatic heterocycles. The molecule has 2 atom stereocenters. The van der Waals surface area contributed by atoms with E-state index in [1.807, 2.05) is 36.4 Å². The van der Waals surface area contributed by atoms with Crippen LogP contribution < -0.4 is 5.32 Å². The lowest BCUT2D eigenvalue weighted by Gasteiger charge is -2.30. The monoisotopic (exact) mass is 372 g/mol. The van der Waals surface area contributed by atoms with E-state index >= 15 is 0 Å². The molecule has 2 aromatic rings. The number of rotatable bonds is 9. The average Bonchev–Trinajstić information content (AvgIpc) is 2.65. The Bertz CT molecular complexity index is 730. The molecule has 2 aromatic carbocycles. The van der Waals surface area contributed by atoms with Gasteiger partial charge in [-0.1, -0.05) is 56.3 Å². The molecular formula is C21H28N2O2S. The van der Waals surface area contributed by atoms with Crippen LogP contribution in [0.1, 0.15) is 41.4 Å². The van der Waals surface area contributed by atoms with Gasteiger partial charge in [0.2, 0.25) is 0 Å². The standard InChI is InChI=1S/C21H28N2O2S/c1-4-23(5-2)20(18-11-7-6-8-12-18)15-22-21(24)19-13-9-10-17(14-19)16-26(3)25/h6-14,20H,4-5,15-16H2,1-3H3,(H,22,24). The van der Waals surface area contributed by atoms with Crippen LogP contribution in [0.3, 0.4) is 0 Å². The van der Waals surface area contributed by atoms with Crippen LogP contribution in [0.2, 0.25) is 0 Å². The van der Waals surface area contributed by atoms with Gasteiger partial charge < -0.3 is 5.32 Å². The highest BCUT2D eigenvalue weighted by Gasteiger charge is 2.19. The van der Waals surface area contributed by atoms with Gasteiger partial charge in [0.25, 0.3) is 5.91 Å². The largest absolute Gasteiger partial charge is 0.350 e. The first-order chi connectivity index (χ1) is 12.5. The molecule has 0 saturated carbocycles. The summed E-state index contributed by atoms with van der Waals surface area (Å²) in [5.74, 6) is 0.370. The molecule has 0 radical (unpaired) electrons. The molecule has 0 saturated heterocycles. The Morgan fingerprint density at radius 3 is 2.38 bits per heavy atom. The zero-order chi connectivity index (χ0) is 18.9. The van der Waals surface area contributed by atoms with Crippen LogP contribution >= 0.6 is 0 Å². The second kappa shape index (κ2) is 10.2. The summed E-state index contributed by atoms with van der Waals surface area (Å²) >= 11 is 0. The first-order valence-electron chi connectivity index (χ1n) is 9.01. The van der Waals surface area contributed by atoms with Gasteiger partial charge >= 0.3 is 0 Å². The molecule has 0 aliphatic carbocycles. The molecular weight excluding hydrogens is 344 g/mol. The van der Waals surface area contributed by atoms with Crippen LogP contribution in [0.25, 0.3) is 0 Å². The van der Waals surface area contributed by atoms with E-state index in [1.165, 1.54) is 5.56 Å². The lowest BCUT2D eigenvalue weighted by Crippen LogP contribution is -2.38. The zero-order valence-corrected chi connectivity index (χ0v) is 16.6. The van der Waals surface area contributed by atoms with Crippen LogP contribution in [0.5, 0.6) is 0 Å². The van der Waals surface area contributed by atoms with Gasteiger partial charge in [-0.05, 0) is 36.3 Å². The highest BCUT2D eigenvalue weighted by molar-refractivity contribution is 7.83. The molecule has 0 aliphatic rings. The minimum atomic E-state index is -0.921. The van der Waals surface area contributed by atoms with Crippen LogP contribution in [-0.4, -0.2) is 40.9 Å². The number of nitrogens with one attached hydrogen (secondary N) is 1. The molecule has 1 amide bonds. The minimum absolute atomic E-state index is 0.0955. The van der Waals surface area contributed by atoms with Crippen molar-refractivity contribution in [3.63, 3.8) is 0 Å². The van der Waals surface area contributed by atoms with Crippen LogP contribution in [0.4, 0.5) is 0 Å². The summed E-state index contributed by atoms with van der Waals surface area (Å²) in [6.45, 7) is 6.66. The Labute approximate surface area is 159 Å². The maximum absolute atomic E-state index is 12.6. The van der Waals surface area contributed by atoms with E-state index in [1.54, 1.807) is 12.3 Å². The van der Waals surface area contributed by atoms with E-state index in [9.17, 15) is 9.00 Å². The quantitative estimate of drug-likeness (QED) is 0.734. The summed E-state index contributed by atoms with van der Waals surface area (Å²) in [5, 5.41) is 3.07. The van der Waals surface area contributed by atoms with Crippen molar-refractivity contribution in [3.8, 4) is 0 Å². The lowest BCUT2D eigenvalue weighted by molar-refractivity contribution is 0.0935. The fourth-order valence-electron chi connectivity index (χ4n) is 3.13. The number of carbonyl (C=O) groups is 1. The van der Waals surface area contributed by atoms with E-state index < -0.39 is 10.8 Å². The maximum Gasteiger partial charge on any atom is 0.251 e. The van der Waals surface area contributed by atoms with Crippen LogP contribution in [-0.2, 0) is 16.6 Å². The molecule has 4 nitrogen and oxygen atoms in total. The summed E-state index contributed by atoms with van der Waals surface area (Å²) in [5.41, 5.74) is 2.73. The second-order valence-electron chi connectivity index (χ2n) is 6.28. The van der Waals surface area contributed by atoms with E-state index in [0.717, 1.165) is 18.7 Å². The van der Waals surface area contributed by atoms with Crippen LogP contribution in [0, 0.1) is 0 Å². The Balaban J connectivity index is 2.10. The van der Waals surface area contributed by atoms with Gasteiger partial charge in [0.15, 0.2) is 0 Å². The van der Waals surface area contributed by atoms with Gasteiger partial charge in [-0.3, -0.25) is 13.9 Å². The number of hydrogen-bond donors (Lipinski definition) is 1. The first-order valence-corrected chi connectivity index (χ1v) is 10.7. The van der Waals surface area contributed by atoms with Crippen molar-refractivity contribution in [1.82, 2.24) is 10.2 Å². The first kappa shape index (κ1) is 20.3. The number of carbonyl (C=O) groups excluding carboxylic acids is 1. The van der Waals surface area contributed by atoms with Gasteiger partial charge in [0, 0.05) is 34.9 Å². The number of likely N-dealkylation sites (N-methyl/N-ethyl adjacent to an activating group) is 1. The third-order valence-electron chi connectivity index (χ3n) is 4.45. The molecule has 140 valence electrons. The maximum atomic E-state index is 12.6.